The van der Waals surface area contributed by atoms with Gasteiger partial charge in [0.1, 0.15) is 5.82 Å². The number of hydrogen-bond acceptors (Lipinski definition) is 5. The summed E-state index contributed by atoms with van der Waals surface area (Å²) in [5.41, 5.74) is 2.97. The summed E-state index contributed by atoms with van der Waals surface area (Å²) < 4.78 is 53.3. The van der Waals surface area contributed by atoms with Crippen LogP contribution in [0.5, 0.6) is 5.75 Å². The first kappa shape index (κ1) is 29.2. The van der Waals surface area contributed by atoms with E-state index in [1.54, 1.807) is 35.2 Å². The number of fused-ring (bicyclic) bond motifs is 1. The summed E-state index contributed by atoms with van der Waals surface area (Å²) in [4.78, 5) is 29.8. The molecule has 2 atom stereocenters. The second-order valence-corrected chi connectivity index (χ2v) is 11.3. The minimum absolute atomic E-state index is 0.0203. The first-order valence-electron chi connectivity index (χ1n) is 14.7. The molecule has 1 aliphatic carbocycles. The number of ether oxygens (including phenoxy) is 2. The quantitative estimate of drug-likeness (QED) is 0.321. The highest BCUT2D eigenvalue weighted by Gasteiger charge is 2.51. The Morgan fingerprint density at radius 2 is 1.91 bits per heavy atom. The van der Waals surface area contributed by atoms with Crippen LogP contribution < -0.4 is 19.9 Å². The number of anilines is 2. The van der Waals surface area contributed by atoms with Crippen LogP contribution in [0.15, 0.2) is 66.7 Å². The molecular weight excluding hydrogens is 559 g/mol. The number of halogens is 3. The summed E-state index contributed by atoms with van der Waals surface area (Å²) in [6.45, 7) is 1.53. The van der Waals surface area contributed by atoms with Crippen molar-refractivity contribution in [3.05, 3.63) is 78.1 Å². The van der Waals surface area contributed by atoms with Crippen molar-refractivity contribution in [2.45, 2.75) is 43.8 Å². The lowest BCUT2D eigenvalue weighted by Gasteiger charge is -2.37. The van der Waals surface area contributed by atoms with Gasteiger partial charge in [-0.25, -0.2) is 4.39 Å². The monoisotopic (exact) mass is 593 g/mol. The Hall–Kier alpha value is -3.89. The van der Waals surface area contributed by atoms with Crippen LogP contribution in [0.25, 0.3) is 11.1 Å². The lowest BCUT2D eigenvalue weighted by Crippen LogP contribution is -2.51. The van der Waals surface area contributed by atoms with Crippen LogP contribution in [-0.2, 0) is 14.3 Å². The molecule has 0 aromatic heterocycles. The van der Waals surface area contributed by atoms with E-state index in [1.807, 2.05) is 24.3 Å². The van der Waals surface area contributed by atoms with Gasteiger partial charge in [-0.3, -0.25) is 9.59 Å². The Balaban J connectivity index is 1.32. The Morgan fingerprint density at radius 3 is 2.67 bits per heavy atom. The first-order chi connectivity index (χ1) is 20.8. The third kappa shape index (κ3) is 5.86. The predicted molar refractivity (Wildman–Crippen MR) is 157 cm³/mol. The van der Waals surface area contributed by atoms with E-state index in [-0.39, 0.29) is 41.7 Å². The highest BCUT2D eigenvalue weighted by Crippen LogP contribution is 2.44. The molecule has 7 nitrogen and oxygen atoms in total. The fourth-order valence-corrected chi connectivity index (χ4v) is 6.17. The predicted octanol–water partition coefficient (Wildman–Crippen LogP) is 5.74. The number of rotatable bonds is 9. The molecule has 0 bridgehead atoms. The number of nitrogens with one attached hydrogen (secondary N) is 1. The molecule has 1 saturated carbocycles. The van der Waals surface area contributed by atoms with Crippen LogP contribution in [0.4, 0.5) is 24.5 Å². The summed E-state index contributed by atoms with van der Waals surface area (Å²) in [5, 5.41) is 3.36. The molecule has 2 heterocycles. The minimum atomic E-state index is -3.98. The number of carbonyl (C=O) groups excluding carboxylic acids is 2. The zero-order chi connectivity index (χ0) is 30.1. The fourth-order valence-electron chi connectivity index (χ4n) is 6.17. The van der Waals surface area contributed by atoms with E-state index >= 15 is 0 Å². The van der Waals surface area contributed by atoms with Gasteiger partial charge in [0.2, 0.25) is 5.91 Å². The average molecular weight is 594 g/mol. The number of piperidine rings is 1. The van der Waals surface area contributed by atoms with Crippen LogP contribution in [-0.4, -0.2) is 57.3 Å². The lowest BCUT2D eigenvalue weighted by molar-refractivity contribution is -0.192. The third-order valence-corrected chi connectivity index (χ3v) is 8.42. The van der Waals surface area contributed by atoms with Gasteiger partial charge in [0.25, 0.3) is 0 Å². The van der Waals surface area contributed by atoms with Crippen molar-refractivity contribution in [1.29, 1.82) is 0 Å². The van der Waals surface area contributed by atoms with Crippen LogP contribution in [0.3, 0.4) is 0 Å². The smallest absolute Gasteiger partial charge is 0.423 e. The number of amides is 2. The highest BCUT2D eigenvalue weighted by molar-refractivity contribution is 6.03. The van der Waals surface area contributed by atoms with Crippen molar-refractivity contribution in [1.82, 2.24) is 5.32 Å². The van der Waals surface area contributed by atoms with E-state index < -0.39 is 17.9 Å². The van der Waals surface area contributed by atoms with E-state index in [0.29, 0.717) is 30.8 Å². The van der Waals surface area contributed by atoms with E-state index in [1.165, 1.54) is 19.2 Å². The molecule has 6 rings (SSSR count). The molecule has 0 unspecified atom stereocenters. The Morgan fingerprint density at radius 1 is 1.09 bits per heavy atom. The molecule has 10 heteroatoms. The molecule has 0 spiro atoms. The molecule has 2 fully saturated rings. The summed E-state index contributed by atoms with van der Waals surface area (Å²) in [6.07, 6.45) is -1.26. The molecule has 43 heavy (non-hydrogen) atoms. The van der Waals surface area contributed by atoms with Gasteiger partial charge in [-0.05, 0) is 73.5 Å². The molecule has 1 saturated heterocycles. The maximum absolute atomic E-state index is 14.6. The molecular formula is C33H34F3N3O4. The highest BCUT2D eigenvalue weighted by atomic mass is 19.3. The standard InChI is InChI=1S/C33H34F3N3O4/c1-42-17-5-16-38-29-19-24(12-13-30(29)43-33(35,36)32(38)41)39(23-10-11-23)31(40)27-20-37-15-14-25(27)21-6-4-7-22(18-21)26-8-2-3-9-28(26)34/h2-4,6-9,12-13,18-19,23,25,27,37H,5,10-11,14-17,20H2,1H3/t25-,27+/m1/s1. The van der Waals surface area contributed by atoms with Crippen LogP contribution in [0.2, 0.25) is 0 Å². The molecule has 3 aromatic carbocycles. The first-order valence-corrected chi connectivity index (χ1v) is 14.7. The van der Waals surface area contributed by atoms with Crippen molar-refractivity contribution < 1.29 is 32.2 Å². The maximum Gasteiger partial charge on any atom is 0.482 e. The van der Waals surface area contributed by atoms with Crippen molar-refractivity contribution in [2.75, 3.05) is 43.2 Å². The normalized spacial score (nSPS) is 21.2. The number of carbonyl (C=O) groups is 2. The number of alkyl halides is 2. The molecule has 3 aromatic rings. The topological polar surface area (TPSA) is 71.1 Å². The van der Waals surface area contributed by atoms with Gasteiger partial charge >= 0.3 is 12.0 Å². The molecule has 2 aliphatic heterocycles. The van der Waals surface area contributed by atoms with Gasteiger partial charge in [0, 0.05) is 44.1 Å². The summed E-state index contributed by atoms with van der Waals surface area (Å²) in [6, 6.07) is 19.0. The number of nitrogens with zero attached hydrogens (tertiary/aromatic N) is 2. The van der Waals surface area contributed by atoms with Crippen LogP contribution >= 0.6 is 0 Å². The second-order valence-electron chi connectivity index (χ2n) is 11.3. The van der Waals surface area contributed by atoms with Crippen molar-refractivity contribution in [3.63, 3.8) is 0 Å². The number of hydrogen-bond donors (Lipinski definition) is 1. The van der Waals surface area contributed by atoms with E-state index in [0.717, 1.165) is 41.8 Å². The summed E-state index contributed by atoms with van der Waals surface area (Å²) in [7, 11) is 1.50. The summed E-state index contributed by atoms with van der Waals surface area (Å²) >= 11 is 0. The SMILES string of the molecule is COCCCN1C(=O)C(F)(F)Oc2ccc(N(C(=O)[C@H]3CNCC[C@@H]3c3cccc(-c4ccccc4F)c3)C3CC3)cc21. The van der Waals surface area contributed by atoms with Crippen molar-refractivity contribution in [2.24, 2.45) is 5.92 Å². The van der Waals surface area contributed by atoms with Crippen molar-refractivity contribution >= 4 is 23.2 Å². The second kappa shape index (κ2) is 12.0. The number of methoxy groups -OCH3 is 1. The van der Waals surface area contributed by atoms with Gasteiger partial charge < -0.3 is 24.6 Å². The third-order valence-electron chi connectivity index (χ3n) is 8.42. The van der Waals surface area contributed by atoms with Gasteiger partial charge in [-0.1, -0.05) is 42.5 Å². The van der Waals surface area contributed by atoms with Crippen LogP contribution in [0.1, 0.15) is 37.2 Å². The zero-order valence-electron chi connectivity index (χ0n) is 23.9. The fraction of sp³-hybridized carbons (Fsp3) is 0.394. The zero-order valence-corrected chi connectivity index (χ0v) is 23.9. The molecule has 1 N–H and O–H groups in total. The van der Waals surface area contributed by atoms with E-state index in [4.69, 9.17) is 9.47 Å². The Labute approximate surface area is 248 Å². The molecule has 3 aliphatic rings. The van der Waals surface area contributed by atoms with Crippen LogP contribution in [0, 0.1) is 11.7 Å². The average Bonchev–Trinajstić information content (AvgIpc) is 3.85. The molecule has 0 radical (unpaired) electrons. The van der Waals surface area contributed by atoms with Crippen molar-refractivity contribution in [3.8, 4) is 16.9 Å². The minimum Gasteiger partial charge on any atom is -0.423 e. The molecule has 226 valence electrons. The Kier molecular flexibility index (Phi) is 8.15. The lowest BCUT2D eigenvalue weighted by atomic mass is 9.79. The Bertz CT molecular complexity index is 1510. The van der Waals surface area contributed by atoms with Gasteiger partial charge in [-0.2, -0.15) is 8.78 Å². The maximum atomic E-state index is 14.6. The van der Waals surface area contributed by atoms with E-state index in [9.17, 15) is 22.8 Å². The summed E-state index contributed by atoms with van der Waals surface area (Å²) in [5.74, 6) is -2.44. The largest absolute Gasteiger partial charge is 0.482 e. The van der Waals surface area contributed by atoms with Gasteiger partial charge in [-0.15, -0.1) is 0 Å². The van der Waals surface area contributed by atoms with Gasteiger partial charge in [0.15, 0.2) is 5.75 Å². The molecule has 2 amide bonds. The van der Waals surface area contributed by atoms with E-state index in [2.05, 4.69) is 5.32 Å². The number of benzene rings is 3. The van der Waals surface area contributed by atoms with Gasteiger partial charge in [0.05, 0.1) is 11.6 Å².